The number of carboxylic acids is 2. The third kappa shape index (κ3) is 8.04. The van der Waals surface area contributed by atoms with Crippen LogP contribution >= 0.6 is 35.0 Å². The van der Waals surface area contributed by atoms with Gasteiger partial charge in [0.15, 0.2) is 0 Å². The van der Waals surface area contributed by atoms with Crippen molar-refractivity contribution in [2.75, 3.05) is 0 Å². The summed E-state index contributed by atoms with van der Waals surface area (Å²) in [5.41, 5.74) is 8.06. The molecule has 5 aromatic rings. The van der Waals surface area contributed by atoms with Crippen LogP contribution in [0.5, 0.6) is 0 Å². The first kappa shape index (κ1) is 31.4. The fourth-order valence-corrected chi connectivity index (χ4v) is 6.10. The standard InChI is InChI=1S/C21H14Cl2O4S.C11H11N3O/c1-11-16(20(24)25)10-17(28-15-8-13(22)7-14(23)9-15)19(18(11)21(26)27)12-5-3-2-4-6-12;12-11(15)10-3-6-14(8-10)7-9-1-4-13-5-2-9/h2-10H,1H3,(H,24,25)(H,26,27);1-6,8H,7H2,(H2,12,15). The van der Waals surface area contributed by atoms with Crippen LogP contribution in [0.2, 0.25) is 10.0 Å². The zero-order valence-corrected chi connectivity index (χ0v) is 25.0. The maximum Gasteiger partial charge on any atom is 0.336 e. The van der Waals surface area contributed by atoms with E-state index in [1.807, 2.05) is 29.0 Å². The van der Waals surface area contributed by atoms with Crippen molar-refractivity contribution in [2.45, 2.75) is 23.3 Å². The lowest BCUT2D eigenvalue weighted by Gasteiger charge is -2.17. The van der Waals surface area contributed by atoms with E-state index in [0.29, 0.717) is 36.5 Å². The second-order valence-corrected chi connectivity index (χ2v) is 11.3. The molecule has 3 aromatic carbocycles. The summed E-state index contributed by atoms with van der Waals surface area (Å²) in [6.07, 6.45) is 7.06. The van der Waals surface area contributed by atoms with Crippen molar-refractivity contribution >= 4 is 52.8 Å². The quantitative estimate of drug-likeness (QED) is 0.160. The summed E-state index contributed by atoms with van der Waals surface area (Å²) in [4.78, 5) is 39.7. The molecule has 0 unspecified atom stereocenters. The van der Waals surface area contributed by atoms with Crippen LogP contribution in [0.1, 0.15) is 42.2 Å². The number of hydrogen-bond donors (Lipinski definition) is 3. The van der Waals surface area contributed by atoms with E-state index in [1.54, 1.807) is 67.1 Å². The number of rotatable bonds is 8. The highest BCUT2D eigenvalue weighted by molar-refractivity contribution is 7.99. The fraction of sp³-hybridized carbons (Fsp3) is 0.0625. The van der Waals surface area contributed by atoms with E-state index in [2.05, 4.69) is 4.98 Å². The maximum absolute atomic E-state index is 12.1. The number of pyridine rings is 1. The molecule has 2 aromatic heterocycles. The Labute approximate surface area is 261 Å². The van der Waals surface area contributed by atoms with Crippen LogP contribution in [-0.2, 0) is 6.54 Å². The number of carboxylic acid groups (broad SMARTS) is 2. The van der Waals surface area contributed by atoms with Gasteiger partial charge in [-0.05, 0) is 66.1 Å². The van der Waals surface area contributed by atoms with Gasteiger partial charge in [-0.2, -0.15) is 0 Å². The van der Waals surface area contributed by atoms with Gasteiger partial charge in [0.25, 0.3) is 0 Å². The van der Waals surface area contributed by atoms with Crippen LogP contribution < -0.4 is 5.73 Å². The number of nitrogens with zero attached hydrogens (tertiary/aromatic N) is 2. The van der Waals surface area contributed by atoms with Crippen LogP contribution in [0.4, 0.5) is 0 Å². The molecule has 0 saturated carbocycles. The Balaban J connectivity index is 0.000000237. The van der Waals surface area contributed by atoms with Crippen molar-refractivity contribution in [1.29, 1.82) is 0 Å². The molecule has 0 bridgehead atoms. The first-order chi connectivity index (χ1) is 20.5. The summed E-state index contributed by atoms with van der Waals surface area (Å²) in [5.74, 6) is -2.78. The lowest BCUT2D eigenvalue weighted by molar-refractivity contribution is 0.0695. The molecule has 218 valence electrons. The minimum absolute atomic E-state index is 0.0401. The summed E-state index contributed by atoms with van der Waals surface area (Å²) >= 11 is 13.4. The summed E-state index contributed by atoms with van der Waals surface area (Å²) in [7, 11) is 0. The van der Waals surface area contributed by atoms with E-state index in [-0.39, 0.29) is 16.7 Å². The first-order valence-corrected chi connectivity index (χ1v) is 14.3. The Hall–Kier alpha value is -4.57. The van der Waals surface area contributed by atoms with Gasteiger partial charge >= 0.3 is 11.9 Å². The Morgan fingerprint density at radius 3 is 2.12 bits per heavy atom. The van der Waals surface area contributed by atoms with Crippen LogP contribution in [0.3, 0.4) is 0 Å². The molecule has 0 fully saturated rings. The molecule has 0 spiro atoms. The lowest BCUT2D eigenvalue weighted by atomic mass is 9.92. The summed E-state index contributed by atoms with van der Waals surface area (Å²) < 4.78 is 1.91. The van der Waals surface area contributed by atoms with Crippen molar-refractivity contribution < 1.29 is 24.6 Å². The smallest absolute Gasteiger partial charge is 0.336 e. The topological polar surface area (TPSA) is 136 Å². The summed E-state index contributed by atoms with van der Waals surface area (Å²) in [6, 6.07) is 21.0. The van der Waals surface area contributed by atoms with Crippen molar-refractivity contribution in [3.8, 4) is 11.1 Å². The number of primary amides is 1. The number of aromatic nitrogens is 2. The summed E-state index contributed by atoms with van der Waals surface area (Å²) in [6.45, 7) is 2.22. The van der Waals surface area contributed by atoms with Gasteiger partial charge in [-0.15, -0.1) is 0 Å². The molecule has 2 heterocycles. The molecule has 0 atom stereocenters. The Morgan fingerprint density at radius 2 is 1.56 bits per heavy atom. The predicted molar refractivity (Wildman–Crippen MR) is 167 cm³/mol. The molecule has 8 nitrogen and oxygen atoms in total. The van der Waals surface area contributed by atoms with Gasteiger partial charge in [0.05, 0.1) is 16.7 Å². The van der Waals surface area contributed by atoms with Crippen molar-refractivity contribution in [1.82, 2.24) is 9.55 Å². The second-order valence-electron chi connectivity index (χ2n) is 9.27. The SMILES string of the molecule is Cc1c(C(=O)O)cc(Sc2cc(Cl)cc(Cl)c2)c(-c2ccccc2)c1C(=O)O.NC(=O)c1ccn(Cc2ccncc2)c1. The number of aromatic carboxylic acids is 2. The molecule has 0 aliphatic rings. The first-order valence-electron chi connectivity index (χ1n) is 12.7. The lowest BCUT2D eigenvalue weighted by Crippen LogP contribution is -2.10. The molecule has 0 saturated heterocycles. The van der Waals surface area contributed by atoms with E-state index >= 15 is 0 Å². The summed E-state index contributed by atoms with van der Waals surface area (Å²) in [5, 5.41) is 20.3. The number of amides is 1. The van der Waals surface area contributed by atoms with Gasteiger partial charge < -0.3 is 20.5 Å². The van der Waals surface area contributed by atoms with Gasteiger partial charge in [-0.1, -0.05) is 65.3 Å². The molecule has 1 amide bonds. The minimum atomic E-state index is -1.19. The van der Waals surface area contributed by atoms with Gasteiger partial charge in [0.2, 0.25) is 5.91 Å². The Bertz CT molecular complexity index is 1770. The largest absolute Gasteiger partial charge is 0.478 e. The number of halogens is 2. The predicted octanol–water partition coefficient (Wildman–Crippen LogP) is 7.55. The van der Waals surface area contributed by atoms with Crippen LogP contribution in [0.25, 0.3) is 11.1 Å². The second kappa shape index (κ2) is 14.1. The minimum Gasteiger partial charge on any atom is -0.478 e. The molecular formula is C32H25Cl2N3O5S. The van der Waals surface area contributed by atoms with Crippen molar-refractivity contribution in [2.24, 2.45) is 5.73 Å². The Morgan fingerprint density at radius 1 is 0.907 bits per heavy atom. The van der Waals surface area contributed by atoms with E-state index in [4.69, 9.17) is 28.9 Å². The third-order valence-electron chi connectivity index (χ3n) is 6.27. The zero-order valence-electron chi connectivity index (χ0n) is 22.7. The molecule has 11 heteroatoms. The number of hydrogen-bond acceptors (Lipinski definition) is 5. The highest BCUT2D eigenvalue weighted by Crippen LogP contribution is 2.42. The Kier molecular flexibility index (Phi) is 10.3. The number of nitrogens with two attached hydrogens (primary N) is 1. The van der Waals surface area contributed by atoms with Crippen molar-refractivity contribution in [3.63, 3.8) is 0 Å². The van der Waals surface area contributed by atoms with Crippen LogP contribution in [0, 0.1) is 6.92 Å². The van der Waals surface area contributed by atoms with E-state index in [0.717, 1.165) is 12.1 Å². The normalized spacial score (nSPS) is 10.5. The van der Waals surface area contributed by atoms with Gasteiger partial charge in [0.1, 0.15) is 0 Å². The number of carbonyl (C=O) groups is 3. The molecule has 4 N–H and O–H groups in total. The number of benzene rings is 3. The molecule has 43 heavy (non-hydrogen) atoms. The fourth-order valence-electron chi connectivity index (χ4n) is 4.32. The molecule has 0 radical (unpaired) electrons. The zero-order chi connectivity index (χ0) is 31.1. The maximum atomic E-state index is 12.1. The monoisotopic (exact) mass is 633 g/mol. The molecule has 0 aliphatic carbocycles. The average molecular weight is 635 g/mol. The van der Waals surface area contributed by atoms with Gasteiger partial charge in [-0.3, -0.25) is 9.78 Å². The van der Waals surface area contributed by atoms with Crippen LogP contribution in [-0.4, -0.2) is 37.6 Å². The molecule has 5 rings (SSSR count). The molecule has 0 aliphatic heterocycles. The molecular weight excluding hydrogens is 609 g/mol. The van der Waals surface area contributed by atoms with Crippen LogP contribution in [0.15, 0.2) is 107 Å². The van der Waals surface area contributed by atoms with Gasteiger partial charge in [-0.25, -0.2) is 9.59 Å². The highest BCUT2D eigenvalue weighted by Gasteiger charge is 2.25. The van der Waals surface area contributed by atoms with E-state index in [9.17, 15) is 24.6 Å². The van der Waals surface area contributed by atoms with Crippen molar-refractivity contribution in [3.05, 3.63) is 135 Å². The van der Waals surface area contributed by atoms with Gasteiger partial charge in [0, 0.05) is 56.7 Å². The average Bonchev–Trinajstić information content (AvgIpc) is 3.43. The number of carbonyl (C=O) groups excluding carboxylic acids is 1. The highest BCUT2D eigenvalue weighted by atomic mass is 35.5. The van der Waals surface area contributed by atoms with E-state index < -0.39 is 17.8 Å². The van der Waals surface area contributed by atoms with E-state index in [1.165, 1.54) is 24.8 Å². The third-order valence-corrected chi connectivity index (χ3v) is 7.72.